The van der Waals surface area contributed by atoms with Gasteiger partial charge in [-0.05, 0) is 18.9 Å². The molecule has 0 saturated carbocycles. The van der Waals surface area contributed by atoms with Crippen LogP contribution in [0.3, 0.4) is 0 Å². The number of nitrogens with one attached hydrogen (secondary N) is 1. The van der Waals surface area contributed by atoms with E-state index in [9.17, 15) is 15.0 Å². The molecule has 0 aliphatic heterocycles. The van der Waals surface area contributed by atoms with Crippen LogP contribution in [0.15, 0.2) is 18.2 Å². The van der Waals surface area contributed by atoms with Gasteiger partial charge in [0.25, 0.3) is 5.91 Å². The minimum Gasteiger partial charge on any atom is -0.397 e. The Balaban J connectivity index is 2.40. The second-order valence-electron chi connectivity index (χ2n) is 5.20. The molecule has 2 aromatic rings. The van der Waals surface area contributed by atoms with Crippen molar-refractivity contribution in [2.24, 2.45) is 0 Å². The molecule has 1 heterocycles. The first-order valence-corrected chi connectivity index (χ1v) is 7.61. The van der Waals surface area contributed by atoms with Crippen LogP contribution in [-0.4, -0.2) is 34.9 Å². The molecule has 1 aromatic carbocycles. The lowest BCUT2D eigenvalue weighted by Gasteiger charge is -2.29. The number of aliphatic hydroxyl groups excluding tert-OH is 2. The summed E-state index contributed by atoms with van der Waals surface area (Å²) in [6, 6.07) is 5.76. The van der Waals surface area contributed by atoms with Crippen molar-refractivity contribution in [3.8, 4) is 0 Å². The van der Waals surface area contributed by atoms with Crippen LogP contribution >= 0.6 is 11.3 Å². The first kappa shape index (κ1) is 15.8. The van der Waals surface area contributed by atoms with E-state index in [4.69, 9.17) is 5.73 Å². The lowest BCUT2D eigenvalue weighted by Crippen LogP contribution is -2.53. The molecular formula is C15H20N2O3S. The molecule has 0 radical (unpaired) electrons. The zero-order chi connectivity index (χ0) is 15.6. The predicted octanol–water partition coefficient (Wildman–Crippen LogP) is 1.66. The van der Waals surface area contributed by atoms with E-state index >= 15 is 0 Å². The second-order valence-corrected chi connectivity index (χ2v) is 6.22. The molecule has 0 saturated heterocycles. The molecule has 0 fully saturated rings. The van der Waals surface area contributed by atoms with Gasteiger partial charge in [0.1, 0.15) is 4.88 Å². The Morgan fingerprint density at radius 3 is 2.57 bits per heavy atom. The molecule has 5 N–H and O–H groups in total. The number of carbonyl (C=O) groups excluding carboxylic acids is 1. The molecular weight excluding hydrogens is 288 g/mol. The summed E-state index contributed by atoms with van der Waals surface area (Å²) in [7, 11) is 0. The van der Waals surface area contributed by atoms with E-state index in [1.807, 2.05) is 25.1 Å². The summed E-state index contributed by atoms with van der Waals surface area (Å²) in [4.78, 5) is 12.9. The van der Waals surface area contributed by atoms with Crippen molar-refractivity contribution in [1.29, 1.82) is 0 Å². The van der Waals surface area contributed by atoms with Crippen LogP contribution < -0.4 is 11.1 Å². The van der Waals surface area contributed by atoms with Gasteiger partial charge in [-0.1, -0.05) is 25.1 Å². The molecule has 0 bridgehead atoms. The largest absolute Gasteiger partial charge is 0.397 e. The summed E-state index contributed by atoms with van der Waals surface area (Å²) in [6.45, 7) is 3.12. The van der Waals surface area contributed by atoms with Crippen molar-refractivity contribution in [2.45, 2.75) is 25.8 Å². The van der Waals surface area contributed by atoms with Crippen LogP contribution in [0.25, 0.3) is 10.1 Å². The Hall–Kier alpha value is -1.63. The number of aliphatic hydroxyl groups is 2. The van der Waals surface area contributed by atoms with Crippen LogP contribution in [-0.2, 0) is 0 Å². The fourth-order valence-corrected chi connectivity index (χ4v) is 3.27. The Kier molecular flexibility index (Phi) is 4.51. The molecule has 1 amide bonds. The van der Waals surface area contributed by atoms with E-state index in [0.717, 1.165) is 15.6 Å². The second kappa shape index (κ2) is 6.01. The molecule has 0 aliphatic carbocycles. The molecule has 6 heteroatoms. The monoisotopic (exact) mass is 308 g/mol. The number of benzene rings is 1. The first-order chi connectivity index (χ1) is 9.98. The number of nitrogens with two attached hydrogens (primary N) is 1. The quantitative estimate of drug-likeness (QED) is 0.675. The van der Waals surface area contributed by atoms with Crippen molar-refractivity contribution in [3.05, 3.63) is 28.6 Å². The predicted molar refractivity (Wildman–Crippen MR) is 85.6 cm³/mol. The molecule has 21 heavy (non-hydrogen) atoms. The summed E-state index contributed by atoms with van der Waals surface area (Å²) < 4.78 is 0.982. The first-order valence-electron chi connectivity index (χ1n) is 6.80. The van der Waals surface area contributed by atoms with E-state index in [1.165, 1.54) is 11.3 Å². The summed E-state index contributed by atoms with van der Waals surface area (Å²) >= 11 is 1.33. The van der Waals surface area contributed by atoms with Crippen molar-refractivity contribution >= 4 is 33.0 Å². The molecule has 1 aromatic heterocycles. The third-order valence-electron chi connectivity index (χ3n) is 3.82. The van der Waals surface area contributed by atoms with Gasteiger partial charge in [0.05, 0.1) is 24.4 Å². The topological polar surface area (TPSA) is 95.6 Å². The highest BCUT2D eigenvalue weighted by Crippen LogP contribution is 2.35. The number of hydrogen-bond donors (Lipinski definition) is 4. The summed E-state index contributed by atoms with van der Waals surface area (Å²) in [6.07, 6.45) is 0.426. The Morgan fingerprint density at radius 2 is 2.05 bits per heavy atom. The normalized spacial score (nSPS) is 11.8. The van der Waals surface area contributed by atoms with Crippen molar-refractivity contribution < 1.29 is 15.0 Å². The van der Waals surface area contributed by atoms with Gasteiger partial charge in [0.2, 0.25) is 0 Å². The molecule has 0 atom stereocenters. The highest BCUT2D eigenvalue weighted by atomic mass is 32.1. The standard InChI is InChI=1S/C15H20N2O3S/c1-3-15(7-18,8-19)17-14(20)13-11(16)10-6-4-5-9(2)12(10)21-13/h4-6,18-19H,3,7-8,16H2,1-2H3,(H,17,20). The zero-order valence-corrected chi connectivity index (χ0v) is 13.0. The fourth-order valence-electron chi connectivity index (χ4n) is 2.19. The fraction of sp³-hybridized carbons (Fsp3) is 0.400. The SMILES string of the molecule is CCC(CO)(CO)NC(=O)c1sc2c(C)cccc2c1N. The molecule has 0 unspecified atom stereocenters. The number of thiophene rings is 1. The molecule has 5 nitrogen and oxygen atoms in total. The maximum Gasteiger partial charge on any atom is 0.264 e. The highest BCUT2D eigenvalue weighted by Gasteiger charge is 2.30. The summed E-state index contributed by atoms with van der Waals surface area (Å²) in [5.41, 5.74) is 6.56. The molecule has 0 spiro atoms. The number of nitrogen functional groups attached to an aromatic ring is 1. The van der Waals surface area contributed by atoms with Gasteiger partial charge < -0.3 is 21.3 Å². The average molecular weight is 308 g/mol. The van der Waals surface area contributed by atoms with E-state index < -0.39 is 5.54 Å². The molecule has 114 valence electrons. The van der Waals surface area contributed by atoms with Crippen LogP contribution in [0.4, 0.5) is 5.69 Å². The molecule has 0 aliphatic rings. The smallest absolute Gasteiger partial charge is 0.264 e. The van der Waals surface area contributed by atoms with Crippen molar-refractivity contribution in [1.82, 2.24) is 5.32 Å². The minimum absolute atomic E-state index is 0.324. The molecule has 2 rings (SSSR count). The van der Waals surface area contributed by atoms with Gasteiger partial charge in [0.15, 0.2) is 0 Å². The minimum atomic E-state index is -1.02. The zero-order valence-electron chi connectivity index (χ0n) is 12.1. The van der Waals surface area contributed by atoms with Crippen LogP contribution in [0.1, 0.15) is 28.6 Å². The van der Waals surface area contributed by atoms with E-state index in [1.54, 1.807) is 6.92 Å². The number of rotatable bonds is 5. The highest BCUT2D eigenvalue weighted by molar-refractivity contribution is 7.21. The lowest BCUT2D eigenvalue weighted by molar-refractivity contribution is 0.0657. The van der Waals surface area contributed by atoms with Crippen LogP contribution in [0.2, 0.25) is 0 Å². The maximum atomic E-state index is 12.4. The van der Waals surface area contributed by atoms with Gasteiger partial charge in [-0.3, -0.25) is 4.79 Å². The Morgan fingerprint density at radius 1 is 1.38 bits per heavy atom. The third kappa shape index (κ3) is 2.74. The van der Waals surface area contributed by atoms with Crippen molar-refractivity contribution in [2.75, 3.05) is 18.9 Å². The van der Waals surface area contributed by atoms with Gasteiger partial charge in [-0.25, -0.2) is 0 Å². The average Bonchev–Trinajstić information content (AvgIpc) is 2.84. The summed E-state index contributed by atoms with van der Waals surface area (Å²) in [5, 5.41) is 22.4. The number of anilines is 1. The van der Waals surface area contributed by atoms with E-state index in [-0.39, 0.29) is 19.1 Å². The van der Waals surface area contributed by atoms with Crippen molar-refractivity contribution in [3.63, 3.8) is 0 Å². The van der Waals surface area contributed by atoms with Gasteiger partial charge in [-0.2, -0.15) is 0 Å². The number of aryl methyl sites for hydroxylation is 1. The van der Waals surface area contributed by atoms with Gasteiger partial charge in [0, 0.05) is 10.1 Å². The van der Waals surface area contributed by atoms with Gasteiger partial charge in [-0.15, -0.1) is 11.3 Å². The van der Waals surface area contributed by atoms with Crippen LogP contribution in [0.5, 0.6) is 0 Å². The number of fused-ring (bicyclic) bond motifs is 1. The lowest BCUT2D eigenvalue weighted by atomic mass is 9.98. The number of amides is 1. The van der Waals surface area contributed by atoms with Crippen LogP contribution in [0, 0.1) is 6.92 Å². The Bertz CT molecular complexity index is 654. The maximum absolute atomic E-state index is 12.4. The Labute approximate surface area is 127 Å². The van der Waals surface area contributed by atoms with Gasteiger partial charge >= 0.3 is 0 Å². The van der Waals surface area contributed by atoms with E-state index in [0.29, 0.717) is 17.0 Å². The van der Waals surface area contributed by atoms with E-state index in [2.05, 4.69) is 5.32 Å². The third-order valence-corrected chi connectivity index (χ3v) is 5.17. The number of carbonyl (C=O) groups is 1. The number of hydrogen-bond acceptors (Lipinski definition) is 5. The summed E-state index contributed by atoms with van der Waals surface area (Å²) in [5.74, 6) is -0.363.